The molecular formula is C14H17ClO3. The SMILES string of the molecule is COC(CC1CCc2ccc(Cl)cc2C1=O)OC. The molecule has 1 unspecified atom stereocenters. The molecule has 0 amide bonds. The Hall–Kier alpha value is -0.900. The van der Waals surface area contributed by atoms with Crippen molar-refractivity contribution in [2.75, 3.05) is 14.2 Å². The van der Waals surface area contributed by atoms with Crippen molar-refractivity contribution in [2.45, 2.75) is 25.6 Å². The number of benzene rings is 1. The Bertz CT molecular complexity index is 441. The summed E-state index contributed by atoms with van der Waals surface area (Å²) in [5.41, 5.74) is 1.84. The fourth-order valence-electron chi connectivity index (χ4n) is 2.42. The van der Waals surface area contributed by atoms with Gasteiger partial charge in [0.05, 0.1) is 0 Å². The van der Waals surface area contributed by atoms with Gasteiger partial charge in [0.2, 0.25) is 0 Å². The number of carbonyl (C=O) groups is 1. The van der Waals surface area contributed by atoms with E-state index in [1.54, 1.807) is 20.3 Å². The molecule has 1 aliphatic carbocycles. The molecule has 0 bridgehead atoms. The van der Waals surface area contributed by atoms with Gasteiger partial charge in [-0.25, -0.2) is 0 Å². The van der Waals surface area contributed by atoms with Gasteiger partial charge in [0, 0.05) is 37.1 Å². The summed E-state index contributed by atoms with van der Waals surface area (Å²) >= 11 is 5.95. The Kier molecular flexibility index (Phi) is 4.38. The summed E-state index contributed by atoms with van der Waals surface area (Å²) in [5.74, 6) is 0.110. The van der Waals surface area contributed by atoms with Crippen molar-refractivity contribution in [3.63, 3.8) is 0 Å². The van der Waals surface area contributed by atoms with Crippen LogP contribution in [0.2, 0.25) is 5.02 Å². The van der Waals surface area contributed by atoms with Crippen LogP contribution < -0.4 is 0 Å². The molecule has 18 heavy (non-hydrogen) atoms. The molecule has 2 rings (SSSR count). The van der Waals surface area contributed by atoms with Crippen LogP contribution in [0, 0.1) is 5.92 Å². The summed E-state index contributed by atoms with van der Waals surface area (Å²) < 4.78 is 10.3. The van der Waals surface area contributed by atoms with Crippen molar-refractivity contribution in [2.24, 2.45) is 5.92 Å². The molecule has 1 aromatic rings. The maximum absolute atomic E-state index is 12.4. The van der Waals surface area contributed by atoms with Gasteiger partial charge in [-0.3, -0.25) is 4.79 Å². The van der Waals surface area contributed by atoms with Crippen LogP contribution in [-0.2, 0) is 15.9 Å². The van der Waals surface area contributed by atoms with Crippen LogP contribution in [0.15, 0.2) is 18.2 Å². The molecule has 0 aromatic heterocycles. The number of hydrogen-bond donors (Lipinski definition) is 0. The van der Waals surface area contributed by atoms with Gasteiger partial charge in [0.25, 0.3) is 0 Å². The van der Waals surface area contributed by atoms with Crippen molar-refractivity contribution >= 4 is 17.4 Å². The molecule has 0 aliphatic heterocycles. The van der Waals surface area contributed by atoms with E-state index in [0.717, 1.165) is 24.0 Å². The van der Waals surface area contributed by atoms with E-state index < -0.39 is 0 Å². The first-order valence-electron chi connectivity index (χ1n) is 6.04. The number of carbonyl (C=O) groups excluding carboxylic acids is 1. The van der Waals surface area contributed by atoms with E-state index in [1.807, 2.05) is 12.1 Å². The molecule has 98 valence electrons. The van der Waals surface area contributed by atoms with Crippen LogP contribution in [0.1, 0.15) is 28.8 Å². The second-order valence-corrected chi connectivity index (χ2v) is 4.97. The normalized spacial score (nSPS) is 19.1. The van der Waals surface area contributed by atoms with Gasteiger partial charge >= 0.3 is 0 Å². The summed E-state index contributed by atoms with van der Waals surface area (Å²) in [4.78, 5) is 12.4. The molecule has 0 spiro atoms. The van der Waals surface area contributed by atoms with Gasteiger partial charge in [-0.05, 0) is 30.5 Å². The third kappa shape index (κ3) is 2.74. The van der Waals surface area contributed by atoms with Crippen molar-refractivity contribution < 1.29 is 14.3 Å². The molecule has 0 fully saturated rings. The van der Waals surface area contributed by atoms with Gasteiger partial charge in [0.15, 0.2) is 12.1 Å². The number of Topliss-reactive ketones (excluding diaryl/α,β-unsaturated/α-hetero) is 1. The molecule has 0 saturated carbocycles. The minimum atomic E-state index is -0.320. The lowest BCUT2D eigenvalue weighted by Crippen LogP contribution is -2.28. The lowest BCUT2D eigenvalue weighted by Gasteiger charge is -2.26. The maximum Gasteiger partial charge on any atom is 0.166 e. The average molecular weight is 269 g/mol. The summed E-state index contributed by atoms with van der Waals surface area (Å²) in [6.45, 7) is 0. The molecule has 1 atom stereocenters. The minimum Gasteiger partial charge on any atom is -0.356 e. The molecule has 3 nitrogen and oxygen atoms in total. The van der Waals surface area contributed by atoms with Gasteiger partial charge in [-0.1, -0.05) is 17.7 Å². The first-order valence-corrected chi connectivity index (χ1v) is 6.41. The van der Waals surface area contributed by atoms with Crippen LogP contribution >= 0.6 is 11.6 Å². The maximum atomic E-state index is 12.4. The predicted octanol–water partition coefficient (Wildman–Crippen LogP) is 3.09. The number of fused-ring (bicyclic) bond motifs is 1. The van der Waals surface area contributed by atoms with E-state index in [9.17, 15) is 4.79 Å². The highest BCUT2D eigenvalue weighted by Crippen LogP contribution is 2.30. The smallest absolute Gasteiger partial charge is 0.166 e. The lowest BCUT2D eigenvalue weighted by atomic mass is 9.81. The highest BCUT2D eigenvalue weighted by atomic mass is 35.5. The van der Waals surface area contributed by atoms with Crippen LogP contribution in [0.5, 0.6) is 0 Å². The largest absolute Gasteiger partial charge is 0.356 e. The fourth-order valence-corrected chi connectivity index (χ4v) is 2.59. The van der Waals surface area contributed by atoms with Crippen LogP contribution in [0.3, 0.4) is 0 Å². The standard InChI is InChI=1S/C14H17ClO3/c1-17-13(18-2)7-10-4-3-9-5-6-11(15)8-12(9)14(10)16/h5-6,8,10,13H,3-4,7H2,1-2H3. The number of ketones is 1. The number of hydrogen-bond acceptors (Lipinski definition) is 3. The number of ether oxygens (including phenoxy) is 2. The third-order valence-electron chi connectivity index (χ3n) is 3.47. The number of halogens is 1. The highest BCUT2D eigenvalue weighted by molar-refractivity contribution is 6.31. The summed E-state index contributed by atoms with van der Waals surface area (Å²) in [6.07, 6.45) is 2.03. The lowest BCUT2D eigenvalue weighted by molar-refractivity contribution is -0.112. The van der Waals surface area contributed by atoms with E-state index in [1.165, 1.54) is 0 Å². The van der Waals surface area contributed by atoms with E-state index >= 15 is 0 Å². The first kappa shape index (κ1) is 13.5. The van der Waals surface area contributed by atoms with E-state index in [4.69, 9.17) is 21.1 Å². The van der Waals surface area contributed by atoms with Crippen LogP contribution in [0.4, 0.5) is 0 Å². The molecule has 1 aliphatic rings. The zero-order valence-electron chi connectivity index (χ0n) is 10.6. The molecule has 0 heterocycles. The van der Waals surface area contributed by atoms with Crippen molar-refractivity contribution in [1.29, 1.82) is 0 Å². The second-order valence-electron chi connectivity index (χ2n) is 4.54. The monoisotopic (exact) mass is 268 g/mol. The Labute approximate surface area is 112 Å². The van der Waals surface area contributed by atoms with E-state index in [2.05, 4.69) is 0 Å². The summed E-state index contributed by atoms with van der Waals surface area (Å²) in [7, 11) is 3.18. The quantitative estimate of drug-likeness (QED) is 0.787. The first-order chi connectivity index (χ1) is 8.65. The van der Waals surface area contributed by atoms with Crippen molar-refractivity contribution in [3.05, 3.63) is 34.3 Å². The van der Waals surface area contributed by atoms with E-state index in [-0.39, 0.29) is 18.0 Å². The number of rotatable bonds is 4. The molecular weight excluding hydrogens is 252 g/mol. The Morgan fingerprint density at radius 1 is 1.39 bits per heavy atom. The second kappa shape index (κ2) is 5.83. The van der Waals surface area contributed by atoms with Crippen molar-refractivity contribution in [1.82, 2.24) is 0 Å². The highest BCUT2D eigenvalue weighted by Gasteiger charge is 2.29. The Balaban J connectivity index is 2.17. The number of methoxy groups -OCH3 is 2. The molecule has 4 heteroatoms. The topological polar surface area (TPSA) is 35.5 Å². The molecule has 0 radical (unpaired) electrons. The zero-order chi connectivity index (χ0) is 13.1. The van der Waals surface area contributed by atoms with Crippen molar-refractivity contribution in [3.8, 4) is 0 Å². The van der Waals surface area contributed by atoms with Gasteiger partial charge < -0.3 is 9.47 Å². The Morgan fingerprint density at radius 2 is 2.11 bits per heavy atom. The van der Waals surface area contributed by atoms with Crippen LogP contribution in [0.25, 0.3) is 0 Å². The van der Waals surface area contributed by atoms with E-state index in [0.29, 0.717) is 11.4 Å². The van der Waals surface area contributed by atoms with Crippen LogP contribution in [-0.4, -0.2) is 26.3 Å². The fraction of sp³-hybridized carbons (Fsp3) is 0.500. The zero-order valence-corrected chi connectivity index (χ0v) is 11.4. The van der Waals surface area contributed by atoms with Gasteiger partial charge in [0.1, 0.15) is 0 Å². The summed E-state index contributed by atoms with van der Waals surface area (Å²) in [6, 6.07) is 5.54. The molecule has 1 aromatic carbocycles. The minimum absolute atomic E-state index is 0.0409. The summed E-state index contributed by atoms with van der Waals surface area (Å²) in [5, 5.41) is 0.609. The average Bonchev–Trinajstić information content (AvgIpc) is 2.39. The number of aryl methyl sites for hydroxylation is 1. The molecule has 0 saturated heterocycles. The molecule has 0 N–H and O–H groups in total. The van der Waals surface area contributed by atoms with Gasteiger partial charge in [-0.15, -0.1) is 0 Å². The third-order valence-corrected chi connectivity index (χ3v) is 3.71. The Morgan fingerprint density at radius 3 is 2.78 bits per heavy atom. The predicted molar refractivity (Wildman–Crippen MR) is 70.0 cm³/mol. The van der Waals surface area contributed by atoms with Gasteiger partial charge in [-0.2, -0.15) is 0 Å².